The molecule has 2 N–H and O–H groups in total. The molecular weight excluding hydrogens is 306 g/mol. The SMILES string of the molecule is CC(C(=O)N1CCC(OCc2c[nH]cn2)CC1)c1ccc(O)cc1. The minimum absolute atomic E-state index is 0.131. The van der Waals surface area contributed by atoms with E-state index < -0.39 is 0 Å². The summed E-state index contributed by atoms with van der Waals surface area (Å²) in [6.45, 7) is 3.85. The van der Waals surface area contributed by atoms with E-state index in [0.29, 0.717) is 19.7 Å². The first-order chi connectivity index (χ1) is 11.6. The monoisotopic (exact) mass is 329 g/mol. The number of hydrogen-bond acceptors (Lipinski definition) is 4. The largest absolute Gasteiger partial charge is 0.508 e. The summed E-state index contributed by atoms with van der Waals surface area (Å²) in [4.78, 5) is 21.6. The zero-order valence-electron chi connectivity index (χ0n) is 13.8. The predicted octanol–water partition coefficient (Wildman–Crippen LogP) is 2.43. The van der Waals surface area contributed by atoms with E-state index in [4.69, 9.17) is 4.74 Å². The molecule has 1 fully saturated rings. The Hall–Kier alpha value is -2.34. The molecule has 1 unspecified atom stereocenters. The first kappa shape index (κ1) is 16.5. The fourth-order valence-electron chi connectivity index (χ4n) is 3.00. The summed E-state index contributed by atoms with van der Waals surface area (Å²) in [6.07, 6.45) is 5.34. The van der Waals surface area contributed by atoms with Gasteiger partial charge in [0.1, 0.15) is 5.75 Å². The Balaban J connectivity index is 1.48. The van der Waals surface area contributed by atoms with Gasteiger partial charge in [-0.2, -0.15) is 0 Å². The number of ether oxygens (including phenoxy) is 1. The number of aromatic amines is 1. The fourth-order valence-corrected chi connectivity index (χ4v) is 3.00. The third-order valence-corrected chi connectivity index (χ3v) is 4.54. The number of nitrogens with zero attached hydrogens (tertiary/aromatic N) is 2. The first-order valence-corrected chi connectivity index (χ1v) is 8.30. The number of piperidine rings is 1. The number of nitrogens with one attached hydrogen (secondary N) is 1. The van der Waals surface area contributed by atoms with Gasteiger partial charge in [0.2, 0.25) is 5.91 Å². The minimum Gasteiger partial charge on any atom is -0.508 e. The number of phenols is 1. The highest BCUT2D eigenvalue weighted by molar-refractivity contribution is 5.83. The molecule has 1 atom stereocenters. The fraction of sp³-hybridized carbons (Fsp3) is 0.444. The van der Waals surface area contributed by atoms with Gasteiger partial charge in [0.15, 0.2) is 0 Å². The Morgan fingerprint density at radius 2 is 2.08 bits per heavy atom. The zero-order chi connectivity index (χ0) is 16.9. The predicted molar refractivity (Wildman–Crippen MR) is 89.5 cm³/mol. The number of H-pyrrole nitrogens is 1. The van der Waals surface area contributed by atoms with E-state index >= 15 is 0 Å². The van der Waals surface area contributed by atoms with Gasteiger partial charge in [0.05, 0.1) is 30.7 Å². The second-order valence-corrected chi connectivity index (χ2v) is 6.21. The maximum absolute atomic E-state index is 12.6. The standard InChI is InChI=1S/C18H23N3O3/c1-13(14-2-4-16(22)5-3-14)18(23)21-8-6-17(7-9-21)24-11-15-10-19-12-20-15/h2-5,10,12-13,17,22H,6-9,11H2,1H3,(H,19,20). The number of aromatic nitrogens is 2. The van der Waals surface area contributed by atoms with Gasteiger partial charge < -0.3 is 19.7 Å². The van der Waals surface area contributed by atoms with E-state index in [1.165, 1.54) is 0 Å². The molecule has 0 radical (unpaired) electrons. The second kappa shape index (κ2) is 7.49. The van der Waals surface area contributed by atoms with Crippen LogP contribution < -0.4 is 0 Å². The molecule has 6 nitrogen and oxygen atoms in total. The number of hydrogen-bond donors (Lipinski definition) is 2. The molecule has 0 saturated carbocycles. The third kappa shape index (κ3) is 3.94. The average Bonchev–Trinajstić information content (AvgIpc) is 3.13. The molecule has 24 heavy (non-hydrogen) atoms. The van der Waals surface area contributed by atoms with Gasteiger partial charge >= 0.3 is 0 Å². The van der Waals surface area contributed by atoms with Crippen LogP contribution in [0.25, 0.3) is 0 Å². The maximum Gasteiger partial charge on any atom is 0.229 e. The van der Waals surface area contributed by atoms with E-state index in [2.05, 4.69) is 9.97 Å². The van der Waals surface area contributed by atoms with E-state index in [9.17, 15) is 9.90 Å². The lowest BCUT2D eigenvalue weighted by Crippen LogP contribution is -2.42. The number of aromatic hydroxyl groups is 1. The lowest BCUT2D eigenvalue weighted by atomic mass is 9.98. The van der Waals surface area contributed by atoms with Crippen LogP contribution in [0, 0.1) is 0 Å². The molecular formula is C18H23N3O3. The topological polar surface area (TPSA) is 78.5 Å². The molecule has 1 aliphatic heterocycles. The van der Waals surface area contributed by atoms with Crippen LogP contribution in [-0.2, 0) is 16.1 Å². The molecule has 2 heterocycles. The highest BCUT2D eigenvalue weighted by Crippen LogP contribution is 2.23. The molecule has 3 rings (SSSR count). The van der Waals surface area contributed by atoms with Crippen LogP contribution >= 0.6 is 0 Å². The first-order valence-electron chi connectivity index (χ1n) is 8.30. The summed E-state index contributed by atoms with van der Waals surface area (Å²) >= 11 is 0. The van der Waals surface area contributed by atoms with Gasteiger partial charge in [-0.3, -0.25) is 4.79 Å². The van der Waals surface area contributed by atoms with E-state index in [1.807, 2.05) is 18.0 Å². The summed E-state index contributed by atoms with van der Waals surface area (Å²) in [5.41, 5.74) is 1.82. The Kier molecular flexibility index (Phi) is 5.15. The normalized spacial score (nSPS) is 17.0. The van der Waals surface area contributed by atoms with Gasteiger partial charge in [-0.25, -0.2) is 4.98 Å². The maximum atomic E-state index is 12.6. The molecule has 1 aromatic heterocycles. The van der Waals surface area contributed by atoms with Crippen molar-refractivity contribution in [2.75, 3.05) is 13.1 Å². The number of phenolic OH excluding ortho intramolecular Hbond substituents is 1. The van der Waals surface area contributed by atoms with Crippen molar-refractivity contribution < 1.29 is 14.6 Å². The summed E-state index contributed by atoms with van der Waals surface area (Å²) in [6, 6.07) is 6.84. The van der Waals surface area contributed by atoms with Crippen molar-refractivity contribution in [2.24, 2.45) is 0 Å². The van der Waals surface area contributed by atoms with Crippen molar-refractivity contribution in [1.29, 1.82) is 0 Å². The van der Waals surface area contributed by atoms with Crippen LogP contribution in [0.4, 0.5) is 0 Å². The van der Waals surface area contributed by atoms with Crippen LogP contribution in [0.1, 0.15) is 36.9 Å². The van der Waals surface area contributed by atoms with Gasteiger partial charge in [0.25, 0.3) is 0 Å². The Bertz CT molecular complexity index is 647. The zero-order valence-corrected chi connectivity index (χ0v) is 13.8. The van der Waals surface area contributed by atoms with Gasteiger partial charge in [-0.1, -0.05) is 12.1 Å². The van der Waals surface area contributed by atoms with Crippen LogP contribution in [-0.4, -0.2) is 45.1 Å². The van der Waals surface area contributed by atoms with Crippen molar-refractivity contribution in [1.82, 2.24) is 14.9 Å². The smallest absolute Gasteiger partial charge is 0.229 e. The van der Waals surface area contributed by atoms with E-state index in [1.54, 1.807) is 30.6 Å². The molecule has 1 aromatic carbocycles. The number of imidazole rings is 1. The molecule has 6 heteroatoms. The number of amides is 1. The van der Waals surface area contributed by atoms with Crippen LogP contribution in [0.15, 0.2) is 36.8 Å². The highest BCUT2D eigenvalue weighted by atomic mass is 16.5. The van der Waals surface area contributed by atoms with Crippen molar-refractivity contribution >= 4 is 5.91 Å². The number of carbonyl (C=O) groups is 1. The second-order valence-electron chi connectivity index (χ2n) is 6.21. The van der Waals surface area contributed by atoms with E-state index in [-0.39, 0.29) is 23.7 Å². The van der Waals surface area contributed by atoms with Crippen molar-refractivity contribution in [2.45, 2.75) is 38.4 Å². The van der Waals surface area contributed by atoms with Crippen LogP contribution in [0.3, 0.4) is 0 Å². The van der Waals surface area contributed by atoms with Crippen molar-refractivity contribution in [3.63, 3.8) is 0 Å². The molecule has 128 valence electrons. The Morgan fingerprint density at radius 3 is 2.71 bits per heavy atom. The minimum atomic E-state index is -0.202. The van der Waals surface area contributed by atoms with Gasteiger partial charge in [-0.05, 0) is 37.5 Å². The molecule has 0 bridgehead atoms. The average molecular weight is 329 g/mol. The number of likely N-dealkylation sites (tertiary alicyclic amines) is 1. The van der Waals surface area contributed by atoms with Crippen LogP contribution in [0.5, 0.6) is 5.75 Å². The van der Waals surface area contributed by atoms with E-state index in [0.717, 1.165) is 24.1 Å². The summed E-state index contributed by atoms with van der Waals surface area (Å²) < 4.78 is 5.87. The van der Waals surface area contributed by atoms with Gasteiger partial charge in [-0.15, -0.1) is 0 Å². The summed E-state index contributed by atoms with van der Waals surface area (Å²) in [5, 5.41) is 9.36. The lowest BCUT2D eigenvalue weighted by Gasteiger charge is -2.33. The molecule has 1 amide bonds. The number of benzene rings is 1. The van der Waals surface area contributed by atoms with Crippen molar-refractivity contribution in [3.8, 4) is 5.75 Å². The third-order valence-electron chi connectivity index (χ3n) is 4.54. The number of rotatable bonds is 5. The lowest BCUT2D eigenvalue weighted by molar-refractivity contribution is -0.135. The summed E-state index contributed by atoms with van der Waals surface area (Å²) in [7, 11) is 0. The molecule has 1 saturated heterocycles. The molecule has 0 aliphatic carbocycles. The molecule has 0 spiro atoms. The molecule has 1 aliphatic rings. The van der Waals surface area contributed by atoms with Crippen molar-refractivity contribution in [3.05, 3.63) is 48.0 Å². The number of carbonyl (C=O) groups excluding carboxylic acids is 1. The summed E-state index contributed by atoms with van der Waals surface area (Å²) in [5.74, 6) is 0.145. The highest BCUT2D eigenvalue weighted by Gasteiger charge is 2.27. The Labute approximate surface area is 141 Å². The van der Waals surface area contributed by atoms with Gasteiger partial charge in [0, 0.05) is 19.3 Å². The Morgan fingerprint density at radius 1 is 1.38 bits per heavy atom. The molecule has 2 aromatic rings. The van der Waals surface area contributed by atoms with Crippen LogP contribution in [0.2, 0.25) is 0 Å². The quantitative estimate of drug-likeness (QED) is 0.883.